The molecule has 4 rings (SSSR count). The molecule has 2 aliphatic carbocycles. The van der Waals surface area contributed by atoms with Gasteiger partial charge in [0, 0.05) is 5.39 Å². The second kappa shape index (κ2) is 5.48. The number of carbonyl (C=O) groups is 2. The Balaban J connectivity index is 1.58. The van der Waals surface area contributed by atoms with E-state index in [-0.39, 0.29) is 18.3 Å². The van der Waals surface area contributed by atoms with E-state index >= 15 is 0 Å². The van der Waals surface area contributed by atoms with Crippen LogP contribution in [0.25, 0.3) is 10.8 Å². The van der Waals surface area contributed by atoms with E-state index in [0.29, 0.717) is 12.2 Å². The fraction of sp³-hybridized carbons (Fsp3) is 0.300. The lowest BCUT2D eigenvalue weighted by Gasteiger charge is -2.30. The van der Waals surface area contributed by atoms with Gasteiger partial charge in [0.15, 0.2) is 0 Å². The summed E-state index contributed by atoms with van der Waals surface area (Å²) < 4.78 is 5.55. The molecule has 0 spiro atoms. The molecule has 0 aliphatic heterocycles. The van der Waals surface area contributed by atoms with Crippen molar-refractivity contribution >= 4 is 22.7 Å². The van der Waals surface area contributed by atoms with Crippen LogP contribution in [0.15, 0.2) is 54.6 Å². The molecule has 0 aromatic heterocycles. The van der Waals surface area contributed by atoms with E-state index < -0.39 is 17.4 Å². The molecule has 0 heterocycles. The van der Waals surface area contributed by atoms with Gasteiger partial charge in [-0.3, -0.25) is 9.59 Å². The van der Waals surface area contributed by atoms with Crippen LogP contribution in [-0.2, 0) is 9.59 Å². The van der Waals surface area contributed by atoms with Crippen LogP contribution in [0.2, 0.25) is 0 Å². The molecule has 2 aromatic rings. The van der Waals surface area contributed by atoms with E-state index in [4.69, 9.17) is 4.74 Å². The Morgan fingerprint density at radius 3 is 2.62 bits per heavy atom. The van der Waals surface area contributed by atoms with E-state index in [9.17, 15) is 14.7 Å². The number of carbonyl (C=O) groups excluding carboxylic acids is 1. The van der Waals surface area contributed by atoms with Crippen LogP contribution in [0.1, 0.15) is 19.3 Å². The zero-order valence-electron chi connectivity index (χ0n) is 13.1. The summed E-state index contributed by atoms with van der Waals surface area (Å²) in [6.45, 7) is 0. The van der Waals surface area contributed by atoms with Crippen molar-refractivity contribution in [3.05, 3.63) is 54.6 Å². The van der Waals surface area contributed by atoms with Crippen molar-refractivity contribution in [2.45, 2.75) is 19.3 Å². The summed E-state index contributed by atoms with van der Waals surface area (Å²) in [6.07, 6.45) is 5.29. The van der Waals surface area contributed by atoms with Gasteiger partial charge in [-0.1, -0.05) is 48.6 Å². The van der Waals surface area contributed by atoms with Crippen molar-refractivity contribution in [3.8, 4) is 5.75 Å². The normalized spacial score (nSPS) is 27.5. The Kier molecular flexibility index (Phi) is 3.41. The van der Waals surface area contributed by atoms with E-state index in [2.05, 4.69) is 6.08 Å². The average Bonchev–Trinajstić information content (AvgIpc) is 3.16. The van der Waals surface area contributed by atoms with Gasteiger partial charge in [-0.05, 0) is 36.1 Å². The number of hydrogen-bond donors (Lipinski definition) is 1. The number of aliphatic carboxylic acids is 1. The van der Waals surface area contributed by atoms with E-state index in [1.54, 1.807) is 6.07 Å². The Bertz CT molecular complexity index is 848. The summed E-state index contributed by atoms with van der Waals surface area (Å²) in [5, 5.41) is 11.6. The lowest BCUT2D eigenvalue weighted by molar-refractivity contribution is -0.156. The van der Waals surface area contributed by atoms with Crippen LogP contribution in [0.5, 0.6) is 5.75 Å². The van der Waals surface area contributed by atoms with Crippen LogP contribution in [0, 0.1) is 17.3 Å². The fourth-order valence-corrected chi connectivity index (χ4v) is 4.18. The first kappa shape index (κ1) is 14.9. The summed E-state index contributed by atoms with van der Waals surface area (Å²) in [4.78, 5) is 24.4. The van der Waals surface area contributed by atoms with Gasteiger partial charge in [-0.25, -0.2) is 0 Å². The highest BCUT2D eigenvalue weighted by Crippen LogP contribution is 2.54. The maximum Gasteiger partial charge on any atom is 0.312 e. The number of allylic oxidation sites excluding steroid dienone is 2. The first-order valence-corrected chi connectivity index (χ1v) is 8.19. The molecule has 1 fully saturated rings. The first-order valence-electron chi connectivity index (χ1n) is 8.19. The third kappa shape index (κ3) is 2.30. The maximum absolute atomic E-state index is 12.5. The topological polar surface area (TPSA) is 63.6 Å². The zero-order valence-corrected chi connectivity index (χ0v) is 13.1. The molecular weight excluding hydrogens is 304 g/mol. The van der Waals surface area contributed by atoms with Gasteiger partial charge in [-0.2, -0.15) is 0 Å². The number of hydrogen-bond acceptors (Lipinski definition) is 3. The number of rotatable bonds is 4. The molecule has 4 nitrogen and oxygen atoms in total. The number of carboxylic acid groups (broad SMARTS) is 1. The first-order chi connectivity index (χ1) is 11.6. The second-order valence-corrected chi connectivity index (χ2v) is 6.78. The summed E-state index contributed by atoms with van der Waals surface area (Å²) in [5.74, 6) is -0.683. The number of ether oxygens (including phenoxy) is 1. The molecule has 2 aliphatic rings. The van der Waals surface area contributed by atoms with Crippen molar-refractivity contribution in [2.75, 3.05) is 0 Å². The molecule has 3 atom stereocenters. The molecule has 3 unspecified atom stereocenters. The maximum atomic E-state index is 12.5. The van der Waals surface area contributed by atoms with Gasteiger partial charge in [0.05, 0.1) is 11.8 Å². The molecule has 0 saturated heterocycles. The zero-order chi connectivity index (χ0) is 16.7. The third-order valence-corrected chi connectivity index (χ3v) is 5.37. The Morgan fingerprint density at radius 2 is 1.92 bits per heavy atom. The van der Waals surface area contributed by atoms with Gasteiger partial charge in [-0.15, -0.1) is 0 Å². The third-order valence-electron chi connectivity index (χ3n) is 5.37. The predicted molar refractivity (Wildman–Crippen MR) is 89.6 cm³/mol. The summed E-state index contributed by atoms with van der Waals surface area (Å²) in [7, 11) is 0. The van der Waals surface area contributed by atoms with Crippen LogP contribution >= 0.6 is 0 Å². The largest absolute Gasteiger partial charge is 0.481 e. The van der Waals surface area contributed by atoms with Gasteiger partial charge < -0.3 is 9.84 Å². The predicted octanol–water partition coefficient (Wildman–Crippen LogP) is 3.80. The summed E-state index contributed by atoms with van der Waals surface area (Å²) in [5.41, 5.74) is -1.01. The molecule has 1 saturated carbocycles. The quantitative estimate of drug-likeness (QED) is 0.528. The highest BCUT2D eigenvalue weighted by Gasteiger charge is 2.55. The Labute approximate surface area is 139 Å². The van der Waals surface area contributed by atoms with Crippen molar-refractivity contribution in [1.82, 2.24) is 0 Å². The smallest absolute Gasteiger partial charge is 0.312 e. The molecule has 2 aromatic carbocycles. The van der Waals surface area contributed by atoms with Crippen molar-refractivity contribution in [3.63, 3.8) is 0 Å². The number of carboxylic acids is 1. The number of esters is 1. The molecule has 122 valence electrons. The van der Waals surface area contributed by atoms with Crippen LogP contribution in [0.3, 0.4) is 0 Å². The average molecular weight is 322 g/mol. The summed E-state index contributed by atoms with van der Waals surface area (Å²) in [6, 6.07) is 13.2. The minimum absolute atomic E-state index is 0.0694. The monoisotopic (exact) mass is 322 g/mol. The number of benzene rings is 2. The standard InChI is InChI=1S/C20H18O4/c21-18(12-20(19(22)23)11-13-8-9-15(20)10-13)24-17-7-3-5-14-4-1-2-6-16(14)17/h1-9,13,15H,10-12H2,(H,22,23). The minimum atomic E-state index is -1.01. The molecule has 4 heteroatoms. The van der Waals surface area contributed by atoms with Gasteiger partial charge in [0.25, 0.3) is 0 Å². The summed E-state index contributed by atoms with van der Waals surface area (Å²) >= 11 is 0. The highest BCUT2D eigenvalue weighted by molar-refractivity contribution is 5.91. The van der Waals surface area contributed by atoms with E-state index in [1.165, 1.54) is 0 Å². The van der Waals surface area contributed by atoms with Gasteiger partial charge in [0.1, 0.15) is 5.75 Å². The van der Waals surface area contributed by atoms with Crippen molar-refractivity contribution in [2.24, 2.45) is 17.3 Å². The lowest BCUT2D eigenvalue weighted by Crippen LogP contribution is -2.38. The second-order valence-electron chi connectivity index (χ2n) is 6.78. The molecular formula is C20H18O4. The van der Waals surface area contributed by atoms with Crippen molar-refractivity contribution in [1.29, 1.82) is 0 Å². The van der Waals surface area contributed by atoms with Gasteiger partial charge >= 0.3 is 11.9 Å². The molecule has 24 heavy (non-hydrogen) atoms. The van der Waals surface area contributed by atoms with E-state index in [1.807, 2.05) is 42.5 Å². The van der Waals surface area contributed by atoms with Crippen LogP contribution in [0.4, 0.5) is 0 Å². The number of fused-ring (bicyclic) bond motifs is 3. The SMILES string of the molecule is O=C(CC1(C(=O)O)CC2C=CC1C2)Oc1cccc2ccccc12. The highest BCUT2D eigenvalue weighted by atomic mass is 16.5. The Hall–Kier alpha value is -2.62. The Morgan fingerprint density at radius 1 is 1.12 bits per heavy atom. The van der Waals surface area contributed by atoms with Crippen LogP contribution in [-0.4, -0.2) is 17.0 Å². The minimum Gasteiger partial charge on any atom is -0.481 e. The van der Waals surface area contributed by atoms with Crippen molar-refractivity contribution < 1.29 is 19.4 Å². The molecule has 0 amide bonds. The van der Waals surface area contributed by atoms with Gasteiger partial charge in [0.2, 0.25) is 0 Å². The lowest BCUT2D eigenvalue weighted by atomic mass is 9.73. The van der Waals surface area contributed by atoms with Crippen LogP contribution < -0.4 is 4.74 Å². The molecule has 0 radical (unpaired) electrons. The fourth-order valence-electron chi connectivity index (χ4n) is 4.18. The molecule has 1 N–H and O–H groups in total. The molecule has 2 bridgehead atoms. The van der Waals surface area contributed by atoms with E-state index in [0.717, 1.165) is 17.2 Å².